The van der Waals surface area contributed by atoms with E-state index in [9.17, 15) is 0 Å². The molecule has 2 nitrogen and oxygen atoms in total. The lowest BCUT2D eigenvalue weighted by molar-refractivity contribution is 0.454. The van der Waals surface area contributed by atoms with E-state index in [2.05, 4.69) is 117 Å². The van der Waals surface area contributed by atoms with Gasteiger partial charge in [-0.3, -0.25) is 0 Å². The first kappa shape index (κ1) is 33.4. The van der Waals surface area contributed by atoms with Gasteiger partial charge in [0, 0.05) is 5.70 Å². The molecule has 2 aromatic rings. The summed E-state index contributed by atoms with van der Waals surface area (Å²) in [5.74, 6) is 0.759. The van der Waals surface area contributed by atoms with Crippen molar-refractivity contribution in [3.05, 3.63) is 120 Å². The second kappa shape index (κ2) is 21.0. The van der Waals surface area contributed by atoms with Crippen LogP contribution in [0.25, 0.3) is 0 Å². The van der Waals surface area contributed by atoms with Gasteiger partial charge < -0.3 is 10.6 Å². The van der Waals surface area contributed by atoms with Gasteiger partial charge >= 0.3 is 0 Å². The zero-order valence-electron chi connectivity index (χ0n) is 25.8. The minimum Gasteiger partial charge on any atom is -0.382 e. The minimum absolute atomic E-state index is 0.288. The van der Waals surface area contributed by atoms with E-state index in [1.165, 1.54) is 69.0 Å². The highest BCUT2D eigenvalue weighted by Gasteiger charge is 2.10. The smallest absolute Gasteiger partial charge is 0.0505 e. The molecule has 2 unspecified atom stereocenters. The Hall–Kier alpha value is -2.84. The quantitative estimate of drug-likeness (QED) is 0.145. The van der Waals surface area contributed by atoms with E-state index in [-0.39, 0.29) is 6.04 Å². The Kier molecular flexibility index (Phi) is 17.5. The number of nitrogens with one attached hydrogen (secondary N) is 2. The van der Waals surface area contributed by atoms with E-state index < -0.39 is 0 Å². The van der Waals surface area contributed by atoms with E-state index in [1.807, 2.05) is 6.07 Å². The molecule has 40 heavy (non-hydrogen) atoms. The lowest BCUT2D eigenvalue weighted by atomic mass is 9.97. The summed E-state index contributed by atoms with van der Waals surface area (Å²) in [7, 11) is 0. The number of benzene rings is 2. The van der Waals surface area contributed by atoms with Crippen LogP contribution in [-0.2, 0) is 12.8 Å². The van der Waals surface area contributed by atoms with E-state index in [4.69, 9.17) is 0 Å². The zero-order chi connectivity index (χ0) is 28.8. The lowest BCUT2D eigenvalue weighted by Crippen LogP contribution is -2.31. The van der Waals surface area contributed by atoms with Gasteiger partial charge in [0.05, 0.1) is 6.04 Å². The fourth-order valence-electron chi connectivity index (χ4n) is 5.04. The van der Waals surface area contributed by atoms with Crippen molar-refractivity contribution in [3.8, 4) is 0 Å². The van der Waals surface area contributed by atoms with Crippen LogP contribution in [0, 0.1) is 5.92 Å². The van der Waals surface area contributed by atoms with E-state index in [0.717, 1.165) is 43.0 Å². The summed E-state index contributed by atoms with van der Waals surface area (Å²) in [6, 6.07) is 21.7. The Morgan fingerprint density at radius 3 is 2.10 bits per heavy atom. The molecule has 0 spiro atoms. The van der Waals surface area contributed by atoms with E-state index in [0.29, 0.717) is 0 Å². The SMILES string of the molecule is C=C(CCC)NC(Cc1ccccc1)C(=C)C.CCC(CNCCCCCC1=CCCC=C1)Cc1ccccc1. The maximum Gasteiger partial charge on any atom is 0.0505 e. The summed E-state index contributed by atoms with van der Waals surface area (Å²) >= 11 is 0. The third-order valence-corrected chi connectivity index (χ3v) is 7.58. The van der Waals surface area contributed by atoms with E-state index in [1.54, 1.807) is 5.57 Å². The monoisotopic (exact) mass is 540 g/mol. The van der Waals surface area contributed by atoms with Gasteiger partial charge in [0.1, 0.15) is 0 Å². The summed E-state index contributed by atoms with van der Waals surface area (Å²) in [6.45, 7) is 17.0. The Morgan fingerprint density at radius 1 is 0.850 bits per heavy atom. The highest BCUT2D eigenvalue weighted by Crippen LogP contribution is 2.16. The molecule has 0 aromatic heterocycles. The van der Waals surface area contributed by atoms with Gasteiger partial charge in [0.15, 0.2) is 0 Å². The number of hydrogen-bond donors (Lipinski definition) is 2. The van der Waals surface area contributed by atoms with Gasteiger partial charge in [-0.15, -0.1) is 0 Å². The van der Waals surface area contributed by atoms with Gasteiger partial charge in [-0.1, -0.05) is 136 Å². The molecule has 0 heterocycles. The van der Waals surface area contributed by atoms with Gasteiger partial charge in [-0.25, -0.2) is 0 Å². The molecule has 1 aliphatic carbocycles. The largest absolute Gasteiger partial charge is 0.382 e. The standard InChI is InChI=1S/C22H33N.C16H23N/c1-2-20(18-22-15-8-4-9-16-22)19-23-17-11-5-10-14-21-12-6-3-7-13-21;1-5-9-14(4)17-16(13(2)3)12-15-10-7-6-8-11-15/h4,6,8-9,12-13,15-16,20,23H,2-3,5,7,10-11,14,17-19H2,1H3;6-8,10-11,16-17H,2,4-5,9,12H2,1,3H3. The fraction of sp³-hybridized carbons (Fsp3) is 0.474. The highest BCUT2D eigenvalue weighted by atomic mass is 14.9. The van der Waals surface area contributed by atoms with Gasteiger partial charge in [0.2, 0.25) is 0 Å². The Bertz CT molecular complexity index is 1000. The summed E-state index contributed by atoms with van der Waals surface area (Å²) < 4.78 is 0. The van der Waals surface area contributed by atoms with Crippen molar-refractivity contribution in [1.29, 1.82) is 0 Å². The second-order valence-corrected chi connectivity index (χ2v) is 11.3. The fourth-order valence-corrected chi connectivity index (χ4v) is 5.04. The van der Waals surface area contributed by atoms with Crippen LogP contribution >= 0.6 is 0 Å². The number of rotatable bonds is 18. The third kappa shape index (κ3) is 15.1. The molecule has 0 fully saturated rings. The van der Waals surface area contributed by atoms with Crippen LogP contribution in [-0.4, -0.2) is 19.1 Å². The van der Waals surface area contributed by atoms with Crippen LogP contribution in [0.15, 0.2) is 109 Å². The van der Waals surface area contributed by atoms with Crippen LogP contribution in [0.2, 0.25) is 0 Å². The van der Waals surface area contributed by atoms with Crippen molar-refractivity contribution in [2.24, 2.45) is 5.92 Å². The minimum atomic E-state index is 0.288. The molecule has 0 radical (unpaired) electrons. The van der Waals surface area contributed by atoms with Crippen LogP contribution < -0.4 is 10.6 Å². The topological polar surface area (TPSA) is 24.1 Å². The predicted octanol–water partition coefficient (Wildman–Crippen LogP) is 9.76. The third-order valence-electron chi connectivity index (χ3n) is 7.58. The molecule has 3 rings (SSSR count). The highest BCUT2D eigenvalue weighted by molar-refractivity contribution is 5.22. The molecule has 0 saturated carbocycles. The molecular formula is C38H56N2. The second-order valence-electron chi connectivity index (χ2n) is 11.3. The maximum atomic E-state index is 4.06. The van der Waals surface area contributed by atoms with Crippen molar-refractivity contribution in [1.82, 2.24) is 10.6 Å². The van der Waals surface area contributed by atoms with Crippen LogP contribution in [0.3, 0.4) is 0 Å². The van der Waals surface area contributed by atoms with Crippen LogP contribution in [0.5, 0.6) is 0 Å². The van der Waals surface area contributed by atoms with Crippen molar-refractivity contribution in [2.45, 2.75) is 97.4 Å². The Balaban J connectivity index is 0.000000294. The molecule has 218 valence electrons. The summed E-state index contributed by atoms with van der Waals surface area (Å²) in [4.78, 5) is 0. The van der Waals surface area contributed by atoms with Gasteiger partial charge in [-0.05, 0) is 88.4 Å². The number of hydrogen-bond acceptors (Lipinski definition) is 2. The Labute approximate surface area is 246 Å². The first-order chi connectivity index (χ1) is 19.5. The molecule has 0 bridgehead atoms. The molecule has 2 N–H and O–H groups in total. The zero-order valence-corrected chi connectivity index (χ0v) is 25.8. The van der Waals surface area contributed by atoms with Crippen LogP contribution in [0.1, 0.15) is 89.7 Å². The Morgan fingerprint density at radius 2 is 1.52 bits per heavy atom. The van der Waals surface area contributed by atoms with Gasteiger partial charge in [0.25, 0.3) is 0 Å². The average Bonchev–Trinajstić information content (AvgIpc) is 2.97. The van der Waals surface area contributed by atoms with Crippen LogP contribution in [0.4, 0.5) is 0 Å². The van der Waals surface area contributed by atoms with Crippen molar-refractivity contribution < 1.29 is 0 Å². The molecular weight excluding hydrogens is 484 g/mol. The van der Waals surface area contributed by atoms with Gasteiger partial charge in [-0.2, -0.15) is 0 Å². The number of allylic oxidation sites excluding steroid dienone is 5. The van der Waals surface area contributed by atoms with Crippen molar-refractivity contribution in [3.63, 3.8) is 0 Å². The summed E-state index contributed by atoms with van der Waals surface area (Å²) in [5.41, 5.74) is 6.62. The van der Waals surface area contributed by atoms with Crippen molar-refractivity contribution >= 4 is 0 Å². The lowest BCUT2D eigenvalue weighted by Gasteiger charge is -2.21. The molecule has 2 atom stereocenters. The molecule has 2 aromatic carbocycles. The summed E-state index contributed by atoms with van der Waals surface area (Å²) in [5, 5.41) is 7.14. The molecule has 1 aliphatic rings. The predicted molar refractivity (Wildman–Crippen MR) is 178 cm³/mol. The summed E-state index contributed by atoms with van der Waals surface area (Å²) in [6.07, 6.45) is 20.3. The first-order valence-corrected chi connectivity index (χ1v) is 15.8. The normalized spacial score (nSPS) is 13.9. The number of unbranched alkanes of at least 4 members (excludes halogenated alkanes) is 2. The molecule has 0 aliphatic heterocycles. The first-order valence-electron chi connectivity index (χ1n) is 15.8. The molecule has 2 heteroatoms. The average molecular weight is 541 g/mol. The molecule has 0 saturated heterocycles. The van der Waals surface area contributed by atoms with E-state index >= 15 is 0 Å². The van der Waals surface area contributed by atoms with Crippen molar-refractivity contribution in [2.75, 3.05) is 13.1 Å². The molecule has 0 amide bonds. The maximum absolute atomic E-state index is 4.06.